The predicted molar refractivity (Wildman–Crippen MR) is 322 cm³/mol. The molecule has 14 heteroatoms. The van der Waals surface area contributed by atoms with Crippen LogP contribution in [0.15, 0.2) is 206 Å². The number of halogens is 6. The van der Waals surface area contributed by atoms with Gasteiger partial charge in [0, 0.05) is 83.4 Å². The average molecular weight is 1110 g/mol. The van der Waals surface area contributed by atoms with Crippen molar-refractivity contribution in [2.75, 3.05) is 0 Å². The second-order valence-electron chi connectivity index (χ2n) is 20.7. The third-order valence-corrected chi connectivity index (χ3v) is 18.7. The van der Waals surface area contributed by atoms with E-state index in [0.29, 0.717) is 54.6 Å². The molecule has 0 aliphatic heterocycles. The van der Waals surface area contributed by atoms with Crippen LogP contribution in [0.4, 0.5) is 26.3 Å². The molecular weight excluding hydrogens is 1080 g/mol. The van der Waals surface area contributed by atoms with Crippen molar-refractivity contribution in [2.45, 2.75) is 12.4 Å². The Morgan fingerprint density at radius 1 is 0.317 bits per heavy atom. The second kappa shape index (κ2) is 16.6. The Hall–Kier alpha value is -9.94. The first-order valence-electron chi connectivity index (χ1n) is 26.3. The quantitative estimate of drug-likeness (QED) is 0.165. The van der Waals surface area contributed by atoms with E-state index in [1.165, 1.54) is 12.1 Å². The number of para-hydroxylation sites is 4. The summed E-state index contributed by atoms with van der Waals surface area (Å²) >= 11 is 3.24. The van der Waals surface area contributed by atoms with Crippen molar-refractivity contribution in [3.05, 3.63) is 223 Å². The Morgan fingerprint density at radius 3 is 1.06 bits per heavy atom. The Labute approximate surface area is 466 Å². The van der Waals surface area contributed by atoms with Gasteiger partial charge in [-0.1, -0.05) is 121 Å². The van der Waals surface area contributed by atoms with Gasteiger partial charge in [0.05, 0.1) is 55.3 Å². The topological polar surface area (TPSA) is 56.4 Å². The Morgan fingerprint density at radius 2 is 0.646 bits per heavy atom. The minimum absolute atomic E-state index is 0.00549. The van der Waals surface area contributed by atoms with Gasteiger partial charge in [0.25, 0.3) is 0 Å². The minimum atomic E-state index is -4.75. The van der Waals surface area contributed by atoms with E-state index in [4.69, 9.17) is 4.98 Å². The zero-order valence-corrected chi connectivity index (χ0v) is 44.0. The molecule has 0 unspecified atom stereocenters. The SMILES string of the molecule is N#Cc1c(-n2c3ccccc3c3ccc(C(F)(F)F)cc32)c(-n2c3ccccc3c3cc4c(cc32)sc2ccccc24)nc(-n2c3ccccc3c3ccc(C(F)(F)F)cc32)c1-n1c2ccccc2c2cc3c(cc21)sc1ccccc13. The number of hydrogen-bond acceptors (Lipinski definition) is 4. The minimum Gasteiger partial charge on any atom is -0.305 e. The lowest BCUT2D eigenvalue weighted by Gasteiger charge is -2.24. The molecular formula is C68H34F6N6S2. The lowest BCUT2D eigenvalue weighted by atomic mass is 10.1. The summed E-state index contributed by atoms with van der Waals surface area (Å²) in [6.07, 6.45) is -9.49. The normalized spacial score (nSPS) is 12.7. The van der Waals surface area contributed by atoms with Crippen LogP contribution < -0.4 is 0 Å². The van der Waals surface area contributed by atoms with E-state index in [2.05, 4.69) is 54.6 Å². The molecule has 0 aliphatic rings. The fraction of sp³-hybridized carbons (Fsp3) is 0.0294. The zero-order chi connectivity index (χ0) is 55.1. The highest BCUT2D eigenvalue weighted by Crippen LogP contribution is 2.49. The Kier molecular flexibility index (Phi) is 9.49. The fourth-order valence-electron chi connectivity index (χ4n) is 13.0. The third-order valence-electron chi connectivity index (χ3n) is 16.4. The molecule has 0 saturated heterocycles. The van der Waals surface area contributed by atoms with Gasteiger partial charge in [-0.3, -0.25) is 9.13 Å². The van der Waals surface area contributed by atoms with Gasteiger partial charge in [0.1, 0.15) is 23.0 Å². The van der Waals surface area contributed by atoms with Crippen molar-refractivity contribution in [3.63, 3.8) is 0 Å². The van der Waals surface area contributed by atoms with Gasteiger partial charge in [0.2, 0.25) is 0 Å². The highest BCUT2D eigenvalue weighted by molar-refractivity contribution is 7.26. The van der Waals surface area contributed by atoms with E-state index < -0.39 is 23.5 Å². The van der Waals surface area contributed by atoms with E-state index in [1.807, 2.05) is 130 Å². The zero-order valence-electron chi connectivity index (χ0n) is 42.4. The predicted octanol–water partition coefficient (Wildman–Crippen LogP) is 20.1. The van der Waals surface area contributed by atoms with Crippen LogP contribution in [0, 0.1) is 11.3 Å². The van der Waals surface area contributed by atoms with E-state index >= 15 is 26.3 Å². The van der Waals surface area contributed by atoms with E-state index in [0.717, 1.165) is 86.2 Å². The molecule has 82 heavy (non-hydrogen) atoms. The third kappa shape index (κ3) is 6.42. The molecule has 7 aromatic heterocycles. The van der Waals surface area contributed by atoms with Gasteiger partial charge in [-0.2, -0.15) is 31.6 Å². The van der Waals surface area contributed by atoms with Gasteiger partial charge < -0.3 is 9.13 Å². The lowest BCUT2D eigenvalue weighted by Crippen LogP contribution is -2.16. The Balaban J connectivity index is 1.15. The fourth-order valence-corrected chi connectivity index (χ4v) is 15.2. The van der Waals surface area contributed by atoms with E-state index in [-0.39, 0.29) is 39.6 Å². The summed E-state index contributed by atoms with van der Waals surface area (Å²) < 4.78 is 103. The van der Waals surface area contributed by atoms with Gasteiger partial charge in [-0.25, -0.2) is 4.98 Å². The van der Waals surface area contributed by atoms with Crippen LogP contribution in [-0.2, 0) is 12.4 Å². The summed E-state index contributed by atoms with van der Waals surface area (Å²) in [4.78, 5) is 5.92. The molecule has 6 nitrogen and oxygen atoms in total. The average Bonchev–Trinajstić information content (AvgIpc) is 3.32. The van der Waals surface area contributed by atoms with Gasteiger partial charge in [-0.05, 0) is 84.9 Å². The van der Waals surface area contributed by atoms with Gasteiger partial charge >= 0.3 is 12.4 Å². The highest BCUT2D eigenvalue weighted by atomic mass is 32.1. The van der Waals surface area contributed by atoms with Crippen LogP contribution in [0.25, 0.3) is 151 Å². The van der Waals surface area contributed by atoms with Crippen LogP contribution in [-0.4, -0.2) is 23.3 Å². The van der Waals surface area contributed by atoms with Crippen molar-refractivity contribution in [1.29, 1.82) is 5.26 Å². The number of pyridine rings is 1. The smallest absolute Gasteiger partial charge is 0.305 e. The number of fused-ring (bicyclic) bond motifs is 18. The molecule has 0 fully saturated rings. The maximum absolute atomic E-state index is 15.2. The molecule has 0 saturated carbocycles. The molecule has 390 valence electrons. The van der Waals surface area contributed by atoms with Crippen molar-refractivity contribution in [3.8, 4) is 29.1 Å². The number of thiophene rings is 2. The van der Waals surface area contributed by atoms with Crippen LogP contribution in [0.2, 0.25) is 0 Å². The van der Waals surface area contributed by atoms with Gasteiger partial charge in [-0.15, -0.1) is 22.7 Å². The summed E-state index contributed by atoms with van der Waals surface area (Å²) in [5.41, 5.74) is 2.69. The molecule has 0 bridgehead atoms. The molecule has 0 radical (unpaired) electrons. The molecule has 0 aliphatic carbocycles. The molecule has 17 aromatic rings. The first-order valence-corrected chi connectivity index (χ1v) is 27.9. The highest BCUT2D eigenvalue weighted by Gasteiger charge is 2.36. The Bertz CT molecular complexity index is 5720. The maximum atomic E-state index is 15.2. The summed E-state index contributed by atoms with van der Waals surface area (Å²) in [6.45, 7) is 0. The first-order chi connectivity index (χ1) is 39.9. The van der Waals surface area contributed by atoms with E-state index in [1.54, 1.807) is 31.8 Å². The van der Waals surface area contributed by atoms with Crippen molar-refractivity contribution in [2.24, 2.45) is 0 Å². The molecule has 0 amide bonds. The molecule has 7 heterocycles. The standard InChI is InChI=1S/C68H34F6N6S2/c69-67(70,71)36-25-27-42-38-13-1-7-19-51(38)77(55(42)29-36)63-50(35-75)64(78-52-20-8-3-15-40(52)46-31-48-44-17-5-11-23-59(44)81-61(48)33-57(46)78)65(79-53-21-9-2-14-39(53)43-28-26-37(30-56(43)79)68(72,73)74)76-66(63)80-54-22-10-4-16-41(54)47-32-49-45-18-6-12-24-60(45)82-62(49)34-58(47)80/h1-34H. The summed E-state index contributed by atoms with van der Waals surface area (Å²) in [5, 5.41) is 22.5. The number of aromatic nitrogens is 5. The van der Waals surface area contributed by atoms with Crippen LogP contribution in [0.3, 0.4) is 0 Å². The van der Waals surface area contributed by atoms with Crippen LogP contribution in [0.1, 0.15) is 16.7 Å². The van der Waals surface area contributed by atoms with E-state index in [9.17, 15) is 5.26 Å². The number of rotatable bonds is 4. The number of benzene rings is 10. The van der Waals surface area contributed by atoms with Crippen molar-refractivity contribution < 1.29 is 26.3 Å². The number of alkyl halides is 6. The lowest BCUT2D eigenvalue weighted by molar-refractivity contribution is -0.138. The molecule has 0 spiro atoms. The largest absolute Gasteiger partial charge is 0.416 e. The monoisotopic (exact) mass is 1110 g/mol. The van der Waals surface area contributed by atoms with Crippen LogP contribution in [0.5, 0.6) is 0 Å². The summed E-state index contributed by atoms with van der Waals surface area (Å²) in [7, 11) is 0. The number of nitriles is 1. The molecule has 17 rings (SSSR count). The first kappa shape index (κ1) is 46.9. The van der Waals surface area contributed by atoms with Crippen molar-refractivity contribution in [1.82, 2.24) is 23.3 Å². The summed E-state index contributed by atoms with van der Waals surface area (Å²) in [6, 6.07) is 65.3. The molecule has 0 atom stereocenters. The number of hydrogen-bond donors (Lipinski definition) is 0. The maximum Gasteiger partial charge on any atom is 0.416 e. The summed E-state index contributed by atoms with van der Waals surface area (Å²) in [5.74, 6) is 0.276. The van der Waals surface area contributed by atoms with Gasteiger partial charge in [0.15, 0.2) is 11.6 Å². The molecule has 10 aromatic carbocycles. The molecule has 0 N–H and O–H groups in total. The van der Waals surface area contributed by atoms with Crippen LogP contribution >= 0.6 is 22.7 Å². The second-order valence-corrected chi connectivity index (χ2v) is 22.9. The number of nitrogens with zero attached hydrogens (tertiary/aromatic N) is 6. The van der Waals surface area contributed by atoms with Crippen molar-refractivity contribution >= 4 is 150 Å².